The highest BCUT2D eigenvalue weighted by Gasteiger charge is 2.33. The van der Waals surface area contributed by atoms with E-state index in [1.54, 1.807) is 12.1 Å². The molecule has 1 aliphatic rings. The van der Waals surface area contributed by atoms with Gasteiger partial charge in [0.15, 0.2) is 0 Å². The molecule has 0 fully saturated rings. The summed E-state index contributed by atoms with van der Waals surface area (Å²) in [5.74, 6) is -0.208. The van der Waals surface area contributed by atoms with E-state index in [0.29, 0.717) is 12.1 Å². The van der Waals surface area contributed by atoms with Crippen molar-refractivity contribution in [1.82, 2.24) is 0 Å². The summed E-state index contributed by atoms with van der Waals surface area (Å²) in [6, 6.07) is 8.77. The van der Waals surface area contributed by atoms with Gasteiger partial charge in [-0.1, -0.05) is 12.1 Å². The van der Waals surface area contributed by atoms with Crippen LogP contribution < -0.4 is 10.6 Å². The molecule has 0 aliphatic carbocycles. The average molecular weight is 322 g/mol. The Labute approximate surface area is 129 Å². The predicted molar refractivity (Wildman–Crippen MR) is 79.3 cm³/mol. The fraction of sp³-hybridized carbons (Fsp3) is 0.188. The summed E-state index contributed by atoms with van der Waals surface area (Å²) in [7, 11) is 0. The van der Waals surface area contributed by atoms with Crippen molar-refractivity contribution in [2.24, 2.45) is 0 Å². The number of fused-ring (bicyclic) bond motifs is 1. The van der Waals surface area contributed by atoms with Crippen LogP contribution in [0.25, 0.3) is 0 Å². The molecular formula is C16H13F3N2O2. The number of amides is 1. The number of carbonyl (C=O) groups is 1. The number of hydrogen-bond acceptors (Lipinski definition) is 3. The number of rotatable bonds is 2. The highest BCUT2D eigenvalue weighted by molar-refractivity contribution is 6.03. The second-order valence-electron chi connectivity index (χ2n) is 5.31. The Morgan fingerprint density at radius 2 is 1.74 bits per heavy atom. The molecule has 0 saturated carbocycles. The Kier molecular flexibility index (Phi) is 3.63. The lowest BCUT2D eigenvalue weighted by Crippen LogP contribution is -2.40. The molecular weight excluding hydrogens is 309 g/mol. The summed E-state index contributed by atoms with van der Waals surface area (Å²) in [4.78, 5) is 12.1. The van der Waals surface area contributed by atoms with E-state index in [4.69, 9.17) is 0 Å². The smallest absolute Gasteiger partial charge is 0.416 e. The lowest BCUT2D eigenvalue weighted by atomic mass is 10.0. The van der Waals surface area contributed by atoms with Gasteiger partial charge in [0.05, 0.1) is 16.9 Å². The van der Waals surface area contributed by atoms with E-state index in [1.165, 1.54) is 18.2 Å². The van der Waals surface area contributed by atoms with Gasteiger partial charge < -0.3 is 15.7 Å². The number of carbonyl (C=O) groups excluding carboxylic acids is 1. The molecule has 2 aromatic rings. The van der Waals surface area contributed by atoms with Gasteiger partial charge in [-0.15, -0.1) is 0 Å². The summed E-state index contributed by atoms with van der Waals surface area (Å²) in [5, 5.41) is 14.7. The highest BCUT2D eigenvalue weighted by Crippen LogP contribution is 2.36. The molecule has 1 heterocycles. The van der Waals surface area contributed by atoms with Crippen LogP contribution in [0, 0.1) is 0 Å². The van der Waals surface area contributed by atoms with Crippen LogP contribution in [0.3, 0.4) is 0 Å². The standard InChI is InChI=1S/C16H13F3N2O2/c17-16(18,19)10-3-6-12-13(8-10)20-14(15(23)21-12)7-9-1-4-11(22)5-2-9/h1-6,8,14,20,22H,7H2,(H,21,23)/t14-/m0/s1. The van der Waals surface area contributed by atoms with Crippen molar-refractivity contribution in [2.45, 2.75) is 18.6 Å². The summed E-state index contributed by atoms with van der Waals surface area (Å²) in [5.41, 5.74) is 0.572. The zero-order chi connectivity index (χ0) is 16.6. The minimum Gasteiger partial charge on any atom is -0.508 e. The maximum Gasteiger partial charge on any atom is 0.416 e. The summed E-state index contributed by atoms with van der Waals surface area (Å²) < 4.78 is 38.3. The second-order valence-corrected chi connectivity index (χ2v) is 5.31. The fourth-order valence-corrected chi connectivity index (χ4v) is 2.43. The van der Waals surface area contributed by atoms with Crippen LogP contribution in [0.1, 0.15) is 11.1 Å². The molecule has 4 nitrogen and oxygen atoms in total. The summed E-state index contributed by atoms with van der Waals surface area (Å²) >= 11 is 0. The van der Waals surface area contributed by atoms with Crippen molar-refractivity contribution >= 4 is 17.3 Å². The second kappa shape index (κ2) is 5.49. The summed E-state index contributed by atoms with van der Waals surface area (Å²) in [6.07, 6.45) is -4.15. The zero-order valence-electron chi connectivity index (χ0n) is 11.8. The van der Waals surface area contributed by atoms with E-state index in [-0.39, 0.29) is 17.3 Å². The molecule has 7 heteroatoms. The molecule has 0 unspecified atom stereocenters. The molecule has 2 aromatic carbocycles. The molecule has 23 heavy (non-hydrogen) atoms. The minimum atomic E-state index is -4.44. The number of phenolic OH excluding ortho intramolecular Hbond substituents is 1. The number of alkyl halides is 3. The quantitative estimate of drug-likeness (QED) is 0.794. The molecule has 0 aromatic heterocycles. The van der Waals surface area contributed by atoms with Crippen molar-refractivity contribution in [2.75, 3.05) is 10.6 Å². The number of benzene rings is 2. The normalized spacial score (nSPS) is 17.2. The minimum absolute atomic E-state index is 0.106. The van der Waals surface area contributed by atoms with Crippen molar-refractivity contribution in [3.63, 3.8) is 0 Å². The van der Waals surface area contributed by atoms with Crippen LogP contribution in [0.4, 0.5) is 24.5 Å². The van der Waals surface area contributed by atoms with Crippen LogP contribution in [0.2, 0.25) is 0 Å². The topological polar surface area (TPSA) is 61.4 Å². The van der Waals surface area contributed by atoms with E-state index in [9.17, 15) is 23.1 Å². The molecule has 0 radical (unpaired) electrons. The van der Waals surface area contributed by atoms with Crippen molar-refractivity contribution < 1.29 is 23.1 Å². The SMILES string of the molecule is O=C1Nc2ccc(C(F)(F)F)cc2N[C@H]1Cc1ccc(O)cc1. The zero-order valence-corrected chi connectivity index (χ0v) is 11.8. The van der Waals surface area contributed by atoms with Crippen LogP contribution >= 0.6 is 0 Å². The average Bonchev–Trinajstić information content (AvgIpc) is 2.49. The molecule has 0 saturated heterocycles. The van der Waals surface area contributed by atoms with Gasteiger partial charge in [-0.2, -0.15) is 13.2 Å². The maximum atomic E-state index is 12.8. The van der Waals surface area contributed by atoms with E-state index in [1.807, 2.05) is 0 Å². The first-order valence-corrected chi connectivity index (χ1v) is 6.89. The van der Waals surface area contributed by atoms with Gasteiger partial charge in [0, 0.05) is 6.42 Å². The summed E-state index contributed by atoms with van der Waals surface area (Å²) in [6.45, 7) is 0. The Hall–Kier alpha value is -2.70. The fourth-order valence-electron chi connectivity index (χ4n) is 2.43. The van der Waals surface area contributed by atoms with Gasteiger partial charge in [0.25, 0.3) is 0 Å². The van der Waals surface area contributed by atoms with Crippen molar-refractivity contribution in [3.8, 4) is 5.75 Å². The predicted octanol–water partition coefficient (Wildman–Crippen LogP) is 3.39. The van der Waals surface area contributed by atoms with Gasteiger partial charge in [-0.3, -0.25) is 4.79 Å². The number of anilines is 2. The highest BCUT2D eigenvalue weighted by atomic mass is 19.4. The first-order chi connectivity index (χ1) is 10.8. The van der Waals surface area contributed by atoms with E-state index < -0.39 is 17.8 Å². The van der Waals surface area contributed by atoms with Gasteiger partial charge in [-0.25, -0.2) is 0 Å². The van der Waals surface area contributed by atoms with Crippen molar-refractivity contribution in [1.29, 1.82) is 0 Å². The maximum absolute atomic E-state index is 12.8. The van der Waals surface area contributed by atoms with Crippen molar-refractivity contribution in [3.05, 3.63) is 53.6 Å². The molecule has 120 valence electrons. The Bertz CT molecular complexity index is 742. The molecule has 1 atom stereocenters. The number of halogens is 3. The lowest BCUT2D eigenvalue weighted by Gasteiger charge is -2.27. The van der Waals surface area contributed by atoms with E-state index >= 15 is 0 Å². The van der Waals surface area contributed by atoms with Gasteiger partial charge in [0.2, 0.25) is 5.91 Å². The third-order valence-electron chi connectivity index (χ3n) is 3.63. The van der Waals surface area contributed by atoms with E-state index in [2.05, 4.69) is 10.6 Å². The number of aromatic hydroxyl groups is 1. The Morgan fingerprint density at radius 1 is 1.04 bits per heavy atom. The number of hydrogen-bond donors (Lipinski definition) is 3. The molecule has 1 amide bonds. The third kappa shape index (κ3) is 3.23. The van der Waals surface area contributed by atoms with Gasteiger partial charge in [0.1, 0.15) is 11.8 Å². The van der Waals surface area contributed by atoms with Gasteiger partial charge >= 0.3 is 6.18 Å². The molecule has 1 aliphatic heterocycles. The van der Waals surface area contributed by atoms with Crippen LogP contribution in [-0.4, -0.2) is 17.1 Å². The molecule has 3 N–H and O–H groups in total. The van der Waals surface area contributed by atoms with Crippen LogP contribution in [0.5, 0.6) is 5.75 Å². The van der Waals surface area contributed by atoms with Crippen LogP contribution in [0.15, 0.2) is 42.5 Å². The lowest BCUT2D eigenvalue weighted by molar-refractivity contribution is -0.137. The Balaban J connectivity index is 1.83. The number of phenols is 1. The van der Waals surface area contributed by atoms with Crippen LogP contribution in [-0.2, 0) is 17.4 Å². The monoisotopic (exact) mass is 322 g/mol. The molecule has 0 bridgehead atoms. The molecule has 0 spiro atoms. The first kappa shape index (κ1) is 15.2. The largest absolute Gasteiger partial charge is 0.508 e. The van der Waals surface area contributed by atoms with E-state index in [0.717, 1.165) is 17.7 Å². The Morgan fingerprint density at radius 3 is 2.39 bits per heavy atom. The first-order valence-electron chi connectivity index (χ1n) is 6.89. The van der Waals surface area contributed by atoms with Gasteiger partial charge in [-0.05, 0) is 35.9 Å². The third-order valence-corrected chi connectivity index (χ3v) is 3.63. The molecule has 3 rings (SSSR count). The number of nitrogens with one attached hydrogen (secondary N) is 2.